The molecule has 1 aromatic heterocycles. The molecule has 2 heterocycles. The van der Waals surface area contributed by atoms with E-state index >= 15 is 0 Å². The molecule has 4 aromatic rings. The Balaban J connectivity index is 1.61. The summed E-state index contributed by atoms with van der Waals surface area (Å²) >= 11 is 7.01. The summed E-state index contributed by atoms with van der Waals surface area (Å²) in [6, 6.07) is 14.7. The zero-order valence-corrected chi connectivity index (χ0v) is 17.6. The summed E-state index contributed by atoms with van der Waals surface area (Å²) in [7, 11) is 0. The van der Waals surface area contributed by atoms with Gasteiger partial charge in [-0.15, -0.1) is 0 Å². The van der Waals surface area contributed by atoms with Crippen LogP contribution in [0.1, 0.15) is 15.9 Å². The van der Waals surface area contributed by atoms with Gasteiger partial charge >= 0.3 is 5.97 Å². The van der Waals surface area contributed by atoms with E-state index < -0.39 is 5.97 Å². The van der Waals surface area contributed by atoms with Gasteiger partial charge in [-0.05, 0) is 73.8 Å². The lowest BCUT2D eigenvalue weighted by Crippen LogP contribution is -2.10. The third kappa shape index (κ3) is 2.95. The van der Waals surface area contributed by atoms with Crippen LogP contribution in [0.3, 0.4) is 0 Å². The van der Waals surface area contributed by atoms with E-state index in [4.69, 9.17) is 9.47 Å². The second kappa shape index (κ2) is 6.83. The summed E-state index contributed by atoms with van der Waals surface area (Å²) in [4.78, 5) is 22.2. The van der Waals surface area contributed by atoms with Crippen LogP contribution in [0.25, 0.3) is 22.1 Å². The predicted octanol–water partition coefficient (Wildman–Crippen LogP) is 5.46. The molecular weight excluding hydrogens is 488 g/mol. The zero-order valence-electron chi connectivity index (χ0n) is 14.4. The summed E-state index contributed by atoms with van der Waals surface area (Å²) in [6.45, 7) is 0.638. The average Bonchev–Trinajstić information content (AvgIpc) is 3.17. The average molecular weight is 500 g/mol. The van der Waals surface area contributed by atoms with Crippen LogP contribution in [0.15, 0.2) is 57.5 Å². The van der Waals surface area contributed by atoms with Crippen LogP contribution in [0.4, 0.5) is 0 Å². The monoisotopic (exact) mass is 498 g/mol. The fraction of sp³-hybridized carbons (Fsp3) is 0.0952. The summed E-state index contributed by atoms with van der Waals surface area (Å²) in [5.41, 5.74) is 4.13. The van der Waals surface area contributed by atoms with Crippen molar-refractivity contribution >= 4 is 59.9 Å². The molecule has 1 aliphatic heterocycles. The zero-order chi connectivity index (χ0) is 19.3. The van der Waals surface area contributed by atoms with E-state index in [1.165, 1.54) is 0 Å². The van der Waals surface area contributed by atoms with E-state index in [0.29, 0.717) is 33.4 Å². The Morgan fingerprint density at radius 2 is 1.71 bits per heavy atom. The van der Waals surface area contributed by atoms with E-state index in [0.717, 1.165) is 33.2 Å². The maximum Gasteiger partial charge on any atom is 0.343 e. The summed E-state index contributed by atoms with van der Waals surface area (Å²) < 4.78 is 12.6. The van der Waals surface area contributed by atoms with Crippen LogP contribution in [0.5, 0.6) is 11.5 Å². The number of para-hydroxylation sites is 2. The molecule has 0 saturated heterocycles. The molecule has 0 bridgehead atoms. The van der Waals surface area contributed by atoms with Gasteiger partial charge in [0.15, 0.2) is 5.75 Å². The number of aromatic nitrogens is 2. The van der Waals surface area contributed by atoms with E-state index in [1.54, 1.807) is 12.1 Å². The first kappa shape index (κ1) is 17.6. The first-order chi connectivity index (χ1) is 13.6. The first-order valence-corrected chi connectivity index (χ1v) is 10.2. The molecule has 0 saturated carbocycles. The van der Waals surface area contributed by atoms with Crippen LogP contribution in [0, 0.1) is 0 Å². The second-order valence-electron chi connectivity index (χ2n) is 6.39. The first-order valence-electron chi connectivity index (χ1n) is 8.62. The number of esters is 1. The molecule has 7 heteroatoms. The van der Waals surface area contributed by atoms with Gasteiger partial charge in [0.05, 0.1) is 27.7 Å². The van der Waals surface area contributed by atoms with E-state index in [-0.39, 0.29) is 0 Å². The Bertz CT molecular complexity index is 1270. The molecule has 0 unspecified atom stereocenters. The van der Waals surface area contributed by atoms with Crippen molar-refractivity contribution in [2.45, 2.75) is 6.42 Å². The van der Waals surface area contributed by atoms with Crippen molar-refractivity contribution in [2.75, 3.05) is 6.61 Å². The molecule has 0 spiro atoms. The van der Waals surface area contributed by atoms with Gasteiger partial charge in [0, 0.05) is 10.9 Å². The van der Waals surface area contributed by atoms with Gasteiger partial charge in [0.2, 0.25) is 0 Å². The Morgan fingerprint density at radius 1 is 0.964 bits per heavy atom. The Labute approximate surface area is 177 Å². The molecule has 0 N–H and O–H groups in total. The van der Waals surface area contributed by atoms with E-state index in [1.807, 2.05) is 36.4 Å². The van der Waals surface area contributed by atoms with Crippen molar-refractivity contribution in [3.63, 3.8) is 0 Å². The third-order valence-corrected chi connectivity index (χ3v) is 5.80. The molecule has 28 heavy (non-hydrogen) atoms. The highest BCUT2D eigenvalue weighted by Gasteiger charge is 2.20. The van der Waals surface area contributed by atoms with E-state index in [9.17, 15) is 4.79 Å². The van der Waals surface area contributed by atoms with Crippen LogP contribution < -0.4 is 9.47 Å². The highest BCUT2D eigenvalue weighted by atomic mass is 79.9. The lowest BCUT2D eigenvalue weighted by Gasteiger charge is -2.12. The molecule has 5 nitrogen and oxygen atoms in total. The van der Waals surface area contributed by atoms with Crippen molar-refractivity contribution in [2.24, 2.45) is 0 Å². The topological polar surface area (TPSA) is 61.3 Å². The normalized spacial score (nSPS) is 12.8. The fourth-order valence-electron chi connectivity index (χ4n) is 3.25. The number of carbonyl (C=O) groups is 1. The SMILES string of the molecule is O=C(Oc1c(Br)cc(Br)c2nc3ccccc3nc12)c1ccc2c(c1)CCO2. The minimum absolute atomic E-state index is 0.346. The van der Waals surface area contributed by atoms with Gasteiger partial charge < -0.3 is 9.47 Å². The Kier molecular flexibility index (Phi) is 4.29. The molecule has 138 valence electrons. The molecular formula is C21H12Br2N2O3. The number of hydrogen-bond acceptors (Lipinski definition) is 5. The van der Waals surface area contributed by atoms with Gasteiger partial charge in [-0.1, -0.05) is 12.1 Å². The van der Waals surface area contributed by atoms with Gasteiger partial charge in [-0.25, -0.2) is 14.8 Å². The lowest BCUT2D eigenvalue weighted by atomic mass is 10.1. The van der Waals surface area contributed by atoms with Crippen molar-refractivity contribution in [1.29, 1.82) is 0 Å². The largest absolute Gasteiger partial charge is 0.493 e. The summed E-state index contributed by atoms with van der Waals surface area (Å²) in [5.74, 6) is 0.719. The molecule has 0 atom stereocenters. The number of rotatable bonds is 2. The third-order valence-electron chi connectivity index (χ3n) is 4.60. The molecule has 0 aliphatic carbocycles. The number of nitrogens with zero attached hydrogens (tertiary/aromatic N) is 2. The Hall–Kier alpha value is -2.51. The molecule has 0 fully saturated rings. The second-order valence-corrected chi connectivity index (χ2v) is 8.10. The van der Waals surface area contributed by atoms with Gasteiger partial charge in [-0.3, -0.25) is 0 Å². The number of benzene rings is 3. The van der Waals surface area contributed by atoms with Crippen molar-refractivity contribution in [3.8, 4) is 11.5 Å². The number of halogens is 2. The summed E-state index contributed by atoms with van der Waals surface area (Å²) in [6.07, 6.45) is 0.791. The molecule has 1 aliphatic rings. The Morgan fingerprint density at radius 3 is 2.50 bits per heavy atom. The minimum atomic E-state index is -0.450. The van der Waals surface area contributed by atoms with Crippen LogP contribution >= 0.6 is 31.9 Å². The fourth-order valence-corrected chi connectivity index (χ4v) is 4.56. The van der Waals surface area contributed by atoms with Gasteiger partial charge in [-0.2, -0.15) is 0 Å². The predicted molar refractivity (Wildman–Crippen MR) is 113 cm³/mol. The smallest absolute Gasteiger partial charge is 0.343 e. The molecule has 0 radical (unpaired) electrons. The molecule has 3 aromatic carbocycles. The van der Waals surface area contributed by atoms with Crippen molar-refractivity contribution in [3.05, 3.63) is 68.6 Å². The maximum atomic E-state index is 12.8. The molecule has 0 amide bonds. The number of carbonyl (C=O) groups excluding carboxylic acids is 1. The van der Waals surface area contributed by atoms with Gasteiger partial charge in [0.25, 0.3) is 0 Å². The van der Waals surface area contributed by atoms with Crippen LogP contribution in [0.2, 0.25) is 0 Å². The number of ether oxygens (including phenoxy) is 2. The summed E-state index contributed by atoms with van der Waals surface area (Å²) in [5, 5.41) is 0. The lowest BCUT2D eigenvalue weighted by molar-refractivity contribution is 0.0735. The van der Waals surface area contributed by atoms with E-state index in [2.05, 4.69) is 41.8 Å². The number of hydrogen-bond donors (Lipinski definition) is 0. The van der Waals surface area contributed by atoms with Crippen LogP contribution in [-0.2, 0) is 6.42 Å². The highest BCUT2D eigenvalue weighted by molar-refractivity contribution is 9.11. The van der Waals surface area contributed by atoms with Crippen molar-refractivity contribution < 1.29 is 14.3 Å². The maximum absolute atomic E-state index is 12.8. The number of fused-ring (bicyclic) bond motifs is 3. The minimum Gasteiger partial charge on any atom is -0.493 e. The van der Waals surface area contributed by atoms with Crippen LogP contribution in [-0.4, -0.2) is 22.5 Å². The van der Waals surface area contributed by atoms with Crippen molar-refractivity contribution in [1.82, 2.24) is 9.97 Å². The molecule has 5 rings (SSSR count). The van der Waals surface area contributed by atoms with Gasteiger partial charge in [0.1, 0.15) is 16.8 Å². The standard InChI is InChI=1S/C21H12Br2N2O3/c22-13-10-14(23)20(19-18(13)24-15-3-1-2-4-16(15)25-19)28-21(26)12-5-6-17-11(9-12)7-8-27-17/h1-6,9-10H,7-8H2. The highest BCUT2D eigenvalue weighted by Crippen LogP contribution is 2.38. The quantitative estimate of drug-likeness (QED) is 0.208.